The van der Waals surface area contributed by atoms with E-state index >= 15 is 0 Å². The van der Waals surface area contributed by atoms with Crippen LogP contribution in [0.4, 0.5) is 0 Å². The summed E-state index contributed by atoms with van der Waals surface area (Å²) in [5.41, 5.74) is 0. The third-order valence-corrected chi connectivity index (χ3v) is 5.88. The Morgan fingerprint density at radius 1 is 0.619 bits per heavy atom. The van der Waals surface area contributed by atoms with Crippen LogP contribution >= 0.6 is 0 Å². The van der Waals surface area contributed by atoms with Crippen molar-refractivity contribution in [3.63, 3.8) is 0 Å². The second-order valence-corrected chi connectivity index (χ2v) is 7.65. The molecule has 0 bridgehead atoms. The van der Waals surface area contributed by atoms with Gasteiger partial charge in [0.25, 0.3) is 0 Å². The SMILES string of the molecule is CCCCCC(C)CCCCCC(CC)C(C)C(C)CC. The van der Waals surface area contributed by atoms with Crippen molar-refractivity contribution in [2.45, 2.75) is 112 Å². The first-order valence-corrected chi connectivity index (χ1v) is 10.1. The number of rotatable bonds is 14. The molecule has 0 aliphatic rings. The van der Waals surface area contributed by atoms with Crippen LogP contribution in [-0.2, 0) is 0 Å². The van der Waals surface area contributed by atoms with E-state index in [-0.39, 0.29) is 0 Å². The van der Waals surface area contributed by atoms with Gasteiger partial charge in [-0.05, 0) is 23.7 Å². The van der Waals surface area contributed by atoms with E-state index in [1.54, 1.807) is 0 Å². The van der Waals surface area contributed by atoms with Crippen LogP contribution < -0.4 is 0 Å². The monoisotopic (exact) mass is 296 g/mol. The van der Waals surface area contributed by atoms with Gasteiger partial charge in [-0.2, -0.15) is 0 Å². The van der Waals surface area contributed by atoms with Gasteiger partial charge in [0, 0.05) is 0 Å². The average molecular weight is 297 g/mol. The maximum atomic E-state index is 2.48. The Morgan fingerprint density at radius 2 is 1.19 bits per heavy atom. The predicted molar refractivity (Wildman–Crippen MR) is 98.8 cm³/mol. The number of unbranched alkanes of at least 4 members (excludes halogenated alkanes) is 4. The van der Waals surface area contributed by atoms with Gasteiger partial charge in [0.1, 0.15) is 0 Å². The largest absolute Gasteiger partial charge is 0.0654 e. The molecule has 0 aromatic carbocycles. The molecule has 128 valence electrons. The van der Waals surface area contributed by atoms with Crippen LogP contribution in [0.25, 0.3) is 0 Å². The highest BCUT2D eigenvalue weighted by atomic mass is 14.2. The Bertz CT molecular complexity index is 208. The van der Waals surface area contributed by atoms with Gasteiger partial charge in [0.2, 0.25) is 0 Å². The Kier molecular flexibility index (Phi) is 13.6. The van der Waals surface area contributed by atoms with E-state index in [1.165, 1.54) is 70.6 Å². The summed E-state index contributed by atoms with van der Waals surface area (Å²) in [4.78, 5) is 0. The van der Waals surface area contributed by atoms with Crippen LogP contribution in [0.2, 0.25) is 0 Å². The van der Waals surface area contributed by atoms with Crippen molar-refractivity contribution in [1.29, 1.82) is 0 Å². The fraction of sp³-hybridized carbons (Fsp3) is 1.00. The van der Waals surface area contributed by atoms with Crippen molar-refractivity contribution >= 4 is 0 Å². The first kappa shape index (κ1) is 21.0. The van der Waals surface area contributed by atoms with Crippen LogP contribution in [0.3, 0.4) is 0 Å². The molecule has 0 aliphatic carbocycles. The van der Waals surface area contributed by atoms with Crippen molar-refractivity contribution in [2.24, 2.45) is 23.7 Å². The molecule has 0 nitrogen and oxygen atoms in total. The molecule has 0 radical (unpaired) electrons. The summed E-state index contributed by atoms with van der Waals surface area (Å²) < 4.78 is 0. The van der Waals surface area contributed by atoms with Crippen molar-refractivity contribution in [3.05, 3.63) is 0 Å². The van der Waals surface area contributed by atoms with Gasteiger partial charge in [0.05, 0.1) is 0 Å². The lowest BCUT2D eigenvalue weighted by atomic mass is 9.78. The Labute approximate surface area is 136 Å². The molecule has 0 heterocycles. The van der Waals surface area contributed by atoms with Crippen molar-refractivity contribution in [2.75, 3.05) is 0 Å². The molecule has 0 saturated heterocycles. The van der Waals surface area contributed by atoms with Crippen molar-refractivity contribution in [3.8, 4) is 0 Å². The van der Waals surface area contributed by atoms with Crippen LogP contribution in [-0.4, -0.2) is 0 Å². The fourth-order valence-electron chi connectivity index (χ4n) is 3.64. The Balaban J connectivity index is 3.68. The average Bonchev–Trinajstić information content (AvgIpc) is 2.49. The standard InChI is InChI=1S/C21H44/c1-7-10-12-15-18(4)16-13-11-14-17-21(9-3)20(6)19(5)8-2/h18-21H,7-17H2,1-6H3. The zero-order valence-electron chi connectivity index (χ0n) is 16.1. The molecular weight excluding hydrogens is 252 g/mol. The van der Waals surface area contributed by atoms with E-state index in [4.69, 9.17) is 0 Å². The predicted octanol–water partition coefficient (Wildman–Crippen LogP) is 7.86. The molecule has 0 saturated carbocycles. The zero-order valence-corrected chi connectivity index (χ0v) is 16.1. The Hall–Kier alpha value is 0. The van der Waals surface area contributed by atoms with Crippen LogP contribution in [0.15, 0.2) is 0 Å². The van der Waals surface area contributed by atoms with Crippen LogP contribution in [0.1, 0.15) is 112 Å². The summed E-state index contributed by atoms with van der Waals surface area (Å²) in [5, 5.41) is 0. The summed E-state index contributed by atoms with van der Waals surface area (Å²) >= 11 is 0. The van der Waals surface area contributed by atoms with Gasteiger partial charge in [-0.25, -0.2) is 0 Å². The van der Waals surface area contributed by atoms with Gasteiger partial charge in [0.15, 0.2) is 0 Å². The van der Waals surface area contributed by atoms with Gasteiger partial charge in [-0.1, -0.05) is 112 Å². The molecule has 0 aliphatic heterocycles. The van der Waals surface area contributed by atoms with E-state index in [9.17, 15) is 0 Å². The first-order valence-electron chi connectivity index (χ1n) is 10.1. The molecule has 4 unspecified atom stereocenters. The normalized spacial score (nSPS) is 17.4. The molecule has 0 aromatic rings. The van der Waals surface area contributed by atoms with Crippen molar-refractivity contribution < 1.29 is 0 Å². The van der Waals surface area contributed by atoms with E-state index < -0.39 is 0 Å². The minimum Gasteiger partial charge on any atom is -0.0654 e. The lowest BCUT2D eigenvalue weighted by molar-refractivity contribution is 0.231. The minimum absolute atomic E-state index is 0.897. The highest BCUT2D eigenvalue weighted by molar-refractivity contribution is 4.70. The summed E-state index contributed by atoms with van der Waals surface area (Å²) in [6, 6.07) is 0. The molecule has 0 heteroatoms. The van der Waals surface area contributed by atoms with E-state index in [0.29, 0.717) is 0 Å². The lowest BCUT2D eigenvalue weighted by Gasteiger charge is -2.27. The van der Waals surface area contributed by atoms with E-state index in [2.05, 4.69) is 41.5 Å². The first-order chi connectivity index (χ1) is 10.1. The molecule has 21 heavy (non-hydrogen) atoms. The summed E-state index contributed by atoms with van der Waals surface area (Å²) in [6.45, 7) is 14.4. The van der Waals surface area contributed by atoms with Crippen molar-refractivity contribution in [1.82, 2.24) is 0 Å². The molecule has 0 amide bonds. The lowest BCUT2D eigenvalue weighted by Crippen LogP contribution is -2.18. The van der Waals surface area contributed by atoms with Crippen LogP contribution in [0.5, 0.6) is 0 Å². The van der Waals surface area contributed by atoms with Crippen LogP contribution in [0, 0.1) is 23.7 Å². The smallest absolute Gasteiger partial charge is 0.0389 e. The maximum Gasteiger partial charge on any atom is -0.0389 e. The molecule has 0 aromatic heterocycles. The molecule has 0 rings (SSSR count). The second kappa shape index (κ2) is 13.6. The number of hydrogen-bond donors (Lipinski definition) is 0. The molecule has 0 spiro atoms. The van der Waals surface area contributed by atoms with E-state index in [1.807, 2.05) is 0 Å². The summed E-state index contributed by atoms with van der Waals surface area (Å²) in [5.74, 6) is 3.72. The topological polar surface area (TPSA) is 0 Å². The molecular formula is C21H44. The number of hydrogen-bond acceptors (Lipinski definition) is 0. The summed E-state index contributed by atoms with van der Waals surface area (Å²) in [7, 11) is 0. The molecule has 4 atom stereocenters. The van der Waals surface area contributed by atoms with Gasteiger partial charge in [-0.15, -0.1) is 0 Å². The summed E-state index contributed by atoms with van der Waals surface area (Å²) in [6.07, 6.45) is 15.7. The second-order valence-electron chi connectivity index (χ2n) is 7.65. The van der Waals surface area contributed by atoms with E-state index in [0.717, 1.165) is 23.7 Å². The highest BCUT2D eigenvalue weighted by Crippen LogP contribution is 2.30. The Morgan fingerprint density at radius 3 is 1.71 bits per heavy atom. The zero-order chi connectivity index (χ0) is 16.1. The quantitative estimate of drug-likeness (QED) is 0.286. The third-order valence-electron chi connectivity index (χ3n) is 5.88. The maximum absolute atomic E-state index is 2.48. The fourth-order valence-corrected chi connectivity index (χ4v) is 3.64. The van der Waals surface area contributed by atoms with Gasteiger partial charge in [-0.3, -0.25) is 0 Å². The molecule has 0 N–H and O–H groups in total. The van der Waals surface area contributed by atoms with Gasteiger partial charge < -0.3 is 0 Å². The minimum atomic E-state index is 0.897. The van der Waals surface area contributed by atoms with Gasteiger partial charge >= 0.3 is 0 Å². The molecule has 0 fully saturated rings. The highest BCUT2D eigenvalue weighted by Gasteiger charge is 2.19. The third kappa shape index (κ3) is 10.4.